The molecule has 0 aliphatic carbocycles. The van der Waals surface area contributed by atoms with Crippen molar-refractivity contribution in [1.29, 1.82) is 0 Å². The lowest BCUT2D eigenvalue weighted by molar-refractivity contribution is 0.351. The number of rotatable bonds is 5. The molecule has 2 aromatic rings. The van der Waals surface area contributed by atoms with Crippen molar-refractivity contribution in [2.75, 3.05) is 13.2 Å². The molecule has 0 saturated carbocycles. The van der Waals surface area contributed by atoms with E-state index in [-0.39, 0.29) is 6.04 Å². The molecule has 0 radical (unpaired) electrons. The van der Waals surface area contributed by atoms with Gasteiger partial charge in [0.05, 0.1) is 18.3 Å². The van der Waals surface area contributed by atoms with Crippen molar-refractivity contribution in [3.05, 3.63) is 52.6 Å². The van der Waals surface area contributed by atoms with Gasteiger partial charge >= 0.3 is 0 Å². The van der Waals surface area contributed by atoms with Gasteiger partial charge in [0, 0.05) is 30.0 Å². The van der Waals surface area contributed by atoms with Crippen molar-refractivity contribution in [2.45, 2.75) is 25.8 Å². The van der Waals surface area contributed by atoms with E-state index in [1.165, 1.54) is 5.56 Å². The molecule has 1 aromatic heterocycles. The first-order valence-corrected chi connectivity index (χ1v) is 7.59. The highest BCUT2D eigenvalue weighted by Crippen LogP contribution is 2.35. The van der Waals surface area contributed by atoms with E-state index < -0.39 is 0 Å². The van der Waals surface area contributed by atoms with E-state index in [0.717, 1.165) is 48.0 Å². The molecule has 1 N–H and O–H groups in total. The van der Waals surface area contributed by atoms with Gasteiger partial charge < -0.3 is 10.1 Å². The first-order chi connectivity index (χ1) is 10.3. The third kappa shape index (κ3) is 3.17. The van der Waals surface area contributed by atoms with Crippen molar-refractivity contribution < 1.29 is 4.74 Å². The van der Waals surface area contributed by atoms with Crippen molar-refractivity contribution in [3.8, 4) is 5.75 Å². The Bertz CT molecular complexity index is 618. The van der Waals surface area contributed by atoms with Gasteiger partial charge in [0.15, 0.2) is 0 Å². The molecule has 21 heavy (non-hydrogen) atoms. The van der Waals surface area contributed by atoms with Gasteiger partial charge in [-0.15, -0.1) is 0 Å². The maximum Gasteiger partial charge on any atom is 0.125 e. The summed E-state index contributed by atoms with van der Waals surface area (Å²) in [6.45, 7) is 3.69. The molecule has 5 heteroatoms. The summed E-state index contributed by atoms with van der Waals surface area (Å²) in [5, 5.41) is 4.22. The van der Waals surface area contributed by atoms with Gasteiger partial charge in [0.2, 0.25) is 0 Å². The molecule has 0 spiro atoms. The lowest BCUT2D eigenvalue weighted by atomic mass is 10.00. The van der Waals surface area contributed by atoms with Crippen LogP contribution in [0.1, 0.15) is 29.8 Å². The number of nitrogens with one attached hydrogen (secondary N) is 1. The number of halogens is 1. The van der Waals surface area contributed by atoms with Crippen LogP contribution in [0.3, 0.4) is 0 Å². The van der Waals surface area contributed by atoms with Crippen LogP contribution in [0, 0.1) is 0 Å². The van der Waals surface area contributed by atoms with Crippen LogP contribution in [0.25, 0.3) is 0 Å². The van der Waals surface area contributed by atoms with Crippen LogP contribution in [-0.2, 0) is 12.8 Å². The van der Waals surface area contributed by atoms with E-state index in [2.05, 4.69) is 22.2 Å². The first-order valence-electron chi connectivity index (χ1n) is 7.21. The Hall–Kier alpha value is -1.65. The number of hydrogen-bond donors (Lipinski definition) is 1. The van der Waals surface area contributed by atoms with Crippen LogP contribution >= 0.6 is 11.6 Å². The van der Waals surface area contributed by atoms with Gasteiger partial charge in [-0.1, -0.05) is 18.5 Å². The largest absolute Gasteiger partial charge is 0.493 e. The number of benzene rings is 1. The second kappa shape index (κ2) is 6.41. The highest BCUT2D eigenvalue weighted by atomic mass is 35.5. The summed E-state index contributed by atoms with van der Waals surface area (Å²) >= 11 is 6.23. The van der Waals surface area contributed by atoms with Crippen LogP contribution < -0.4 is 10.1 Å². The smallest absolute Gasteiger partial charge is 0.125 e. The van der Waals surface area contributed by atoms with Gasteiger partial charge in [0.25, 0.3) is 0 Å². The molecule has 0 fully saturated rings. The zero-order chi connectivity index (χ0) is 14.7. The summed E-state index contributed by atoms with van der Waals surface area (Å²) in [7, 11) is 0. The van der Waals surface area contributed by atoms with E-state index in [0.29, 0.717) is 0 Å². The zero-order valence-electron chi connectivity index (χ0n) is 12.0. The molecule has 110 valence electrons. The molecule has 1 aliphatic rings. The molecule has 1 atom stereocenters. The molecule has 0 bridgehead atoms. The first kappa shape index (κ1) is 14.3. The molecule has 4 nitrogen and oxygen atoms in total. The topological polar surface area (TPSA) is 47.0 Å². The molecule has 1 unspecified atom stereocenters. The number of hydrogen-bond acceptors (Lipinski definition) is 4. The summed E-state index contributed by atoms with van der Waals surface area (Å²) < 4.78 is 5.78. The van der Waals surface area contributed by atoms with Crippen molar-refractivity contribution in [1.82, 2.24) is 15.3 Å². The molecule has 1 aromatic carbocycles. The van der Waals surface area contributed by atoms with E-state index in [9.17, 15) is 0 Å². The fourth-order valence-corrected chi connectivity index (χ4v) is 3.00. The average Bonchev–Trinajstić information content (AvgIpc) is 2.96. The quantitative estimate of drug-likeness (QED) is 0.922. The van der Waals surface area contributed by atoms with Crippen molar-refractivity contribution in [2.24, 2.45) is 0 Å². The maximum atomic E-state index is 6.23. The van der Waals surface area contributed by atoms with Crippen LogP contribution in [0.15, 0.2) is 30.7 Å². The van der Waals surface area contributed by atoms with Crippen LogP contribution in [0.4, 0.5) is 0 Å². The van der Waals surface area contributed by atoms with E-state index >= 15 is 0 Å². The highest BCUT2D eigenvalue weighted by molar-refractivity contribution is 6.30. The summed E-state index contributed by atoms with van der Waals surface area (Å²) in [4.78, 5) is 8.57. The minimum absolute atomic E-state index is 0.107. The Morgan fingerprint density at radius 2 is 2.29 bits per heavy atom. The molecular weight excluding hydrogens is 286 g/mol. The third-order valence-corrected chi connectivity index (χ3v) is 3.86. The standard InChI is InChI=1S/C16H18ClN3O/c1-2-19-14(15-10-18-4-5-20-15)9-12-8-13(17)7-11-3-6-21-16(11)12/h4-5,7-8,10,14,19H,2-3,6,9H2,1H3. The Morgan fingerprint density at radius 1 is 1.38 bits per heavy atom. The number of nitrogens with zero attached hydrogens (tertiary/aromatic N) is 2. The Kier molecular flexibility index (Phi) is 4.36. The maximum absolute atomic E-state index is 6.23. The molecule has 1 aliphatic heterocycles. The minimum Gasteiger partial charge on any atom is -0.493 e. The average molecular weight is 304 g/mol. The number of aromatic nitrogens is 2. The van der Waals surface area contributed by atoms with E-state index in [1.807, 2.05) is 12.1 Å². The summed E-state index contributed by atoms with van der Waals surface area (Å²) in [5.41, 5.74) is 3.27. The monoisotopic (exact) mass is 303 g/mol. The normalized spacial score (nSPS) is 14.6. The zero-order valence-corrected chi connectivity index (χ0v) is 12.7. The SMILES string of the molecule is CCNC(Cc1cc(Cl)cc2c1OCC2)c1cnccn1. The summed E-state index contributed by atoms with van der Waals surface area (Å²) in [6.07, 6.45) is 6.93. The fourth-order valence-electron chi connectivity index (χ4n) is 2.74. The lowest BCUT2D eigenvalue weighted by Gasteiger charge is -2.18. The van der Waals surface area contributed by atoms with Crippen molar-refractivity contribution >= 4 is 11.6 Å². The number of ether oxygens (including phenoxy) is 1. The second-order valence-corrected chi connectivity index (χ2v) is 5.53. The molecule has 2 heterocycles. The van der Waals surface area contributed by atoms with E-state index in [1.54, 1.807) is 18.6 Å². The van der Waals surface area contributed by atoms with Crippen molar-refractivity contribution in [3.63, 3.8) is 0 Å². The summed E-state index contributed by atoms with van der Waals surface area (Å²) in [5.74, 6) is 0.992. The minimum atomic E-state index is 0.107. The van der Waals surface area contributed by atoms with Crippen LogP contribution in [0.2, 0.25) is 5.02 Å². The summed E-state index contributed by atoms with van der Waals surface area (Å²) in [6, 6.07) is 4.10. The van der Waals surface area contributed by atoms with Gasteiger partial charge in [-0.25, -0.2) is 0 Å². The Morgan fingerprint density at radius 3 is 3.05 bits per heavy atom. The van der Waals surface area contributed by atoms with Gasteiger partial charge in [-0.3, -0.25) is 9.97 Å². The Labute approximate surface area is 129 Å². The number of fused-ring (bicyclic) bond motifs is 1. The predicted octanol–water partition coefficient (Wildman–Crippen LogP) is 2.96. The molecule has 0 saturated heterocycles. The van der Waals surface area contributed by atoms with Gasteiger partial charge in [-0.05, 0) is 36.2 Å². The Balaban J connectivity index is 1.90. The third-order valence-electron chi connectivity index (χ3n) is 3.64. The van der Waals surface area contributed by atoms with Gasteiger partial charge in [-0.2, -0.15) is 0 Å². The second-order valence-electron chi connectivity index (χ2n) is 5.10. The molecular formula is C16H18ClN3O. The highest BCUT2D eigenvalue weighted by Gasteiger charge is 2.21. The van der Waals surface area contributed by atoms with Crippen LogP contribution in [-0.4, -0.2) is 23.1 Å². The predicted molar refractivity (Wildman–Crippen MR) is 82.8 cm³/mol. The molecule has 3 rings (SSSR count). The van der Waals surface area contributed by atoms with Gasteiger partial charge in [0.1, 0.15) is 5.75 Å². The fraction of sp³-hybridized carbons (Fsp3) is 0.375. The van der Waals surface area contributed by atoms with E-state index in [4.69, 9.17) is 16.3 Å². The lowest BCUT2D eigenvalue weighted by Crippen LogP contribution is -2.24. The molecule has 0 amide bonds. The van der Waals surface area contributed by atoms with Crippen LogP contribution in [0.5, 0.6) is 5.75 Å². The number of likely N-dealkylation sites (N-methyl/N-ethyl adjacent to an activating group) is 1.